The van der Waals surface area contributed by atoms with E-state index in [1.807, 2.05) is 12.1 Å². The number of amides is 1. The maximum absolute atomic E-state index is 12.2. The van der Waals surface area contributed by atoms with Gasteiger partial charge in [-0.25, -0.2) is 4.98 Å². The van der Waals surface area contributed by atoms with Crippen molar-refractivity contribution in [3.8, 4) is 11.8 Å². The van der Waals surface area contributed by atoms with Gasteiger partial charge in [0.25, 0.3) is 11.7 Å². The molecule has 0 aliphatic heterocycles. The molecule has 0 atom stereocenters. The fraction of sp³-hybridized carbons (Fsp3) is 0.316. The van der Waals surface area contributed by atoms with Crippen molar-refractivity contribution in [2.75, 3.05) is 12.4 Å². The molecule has 1 amide bonds. The highest BCUT2D eigenvalue weighted by molar-refractivity contribution is 7.10. The zero-order chi connectivity index (χ0) is 19.3. The average molecular weight is 394 g/mol. The van der Waals surface area contributed by atoms with Crippen LogP contribution in [0.3, 0.4) is 0 Å². The number of aromatic nitrogens is 5. The number of tetrazole rings is 1. The number of carbonyl (C=O) groups excluding carboxylic acids is 1. The van der Waals surface area contributed by atoms with Gasteiger partial charge in [-0.2, -0.15) is 5.21 Å². The van der Waals surface area contributed by atoms with Gasteiger partial charge in [0.05, 0.1) is 12.3 Å². The Labute approximate surface area is 165 Å². The molecule has 2 N–H and O–H groups in total. The topological polar surface area (TPSA) is 106 Å². The van der Waals surface area contributed by atoms with E-state index in [1.54, 1.807) is 24.5 Å². The number of aromatic amines is 1. The predicted molar refractivity (Wildman–Crippen MR) is 104 cm³/mol. The van der Waals surface area contributed by atoms with Gasteiger partial charge in [-0.3, -0.25) is 4.79 Å². The van der Waals surface area contributed by atoms with Crippen LogP contribution in [0.5, 0.6) is 0 Å². The van der Waals surface area contributed by atoms with Gasteiger partial charge in [0.15, 0.2) is 5.01 Å². The van der Waals surface area contributed by atoms with Crippen LogP contribution in [-0.2, 0) is 11.3 Å². The molecule has 0 bridgehead atoms. The number of rotatable bonds is 5. The lowest BCUT2D eigenvalue weighted by molar-refractivity contribution is 0.101. The molecule has 0 spiro atoms. The Bertz CT molecular complexity index is 1030. The van der Waals surface area contributed by atoms with E-state index in [0.29, 0.717) is 18.2 Å². The summed E-state index contributed by atoms with van der Waals surface area (Å²) in [6.07, 6.45) is 3.72. The first-order valence-corrected chi connectivity index (χ1v) is 9.75. The molecule has 1 aliphatic carbocycles. The number of anilines is 1. The maximum Gasteiger partial charge on any atom is 0.297 e. The second kappa shape index (κ2) is 8.29. The van der Waals surface area contributed by atoms with Crippen molar-refractivity contribution in [1.29, 1.82) is 0 Å². The molecule has 2 heterocycles. The number of H-pyrrole nitrogens is 1. The summed E-state index contributed by atoms with van der Waals surface area (Å²) >= 11 is 1.57. The van der Waals surface area contributed by atoms with Gasteiger partial charge in [-0.1, -0.05) is 18.4 Å². The summed E-state index contributed by atoms with van der Waals surface area (Å²) in [5.41, 5.74) is 3.30. The molecule has 0 unspecified atom stereocenters. The highest BCUT2D eigenvalue weighted by atomic mass is 32.1. The molecular formula is C19H18N6O2S. The number of hydrogen-bond acceptors (Lipinski definition) is 7. The number of thiazole rings is 1. The van der Waals surface area contributed by atoms with E-state index in [0.717, 1.165) is 21.8 Å². The van der Waals surface area contributed by atoms with Gasteiger partial charge in [0.1, 0.15) is 0 Å². The van der Waals surface area contributed by atoms with Crippen LogP contribution in [0.2, 0.25) is 0 Å². The normalized spacial score (nSPS) is 13.5. The number of hydrogen-bond donors (Lipinski definition) is 2. The number of ether oxygens (including phenoxy) is 1. The molecule has 0 saturated heterocycles. The second-order valence-electron chi connectivity index (χ2n) is 6.41. The van der Waals surface area contributed by atoms with E-state index >= 15 is 0 Å². The summed E-state index contributed by atoms with van der Waals surface area (Å²) in [4.78, 5) is 16.9. The van der Waals surface area contributed by atoms with Crippen molar-refractivity contribution < 1.29 is 9.53 Å². The SMILES string of the molecule is COCc1c(C#Cc2nc(C3CCC3)cs2)cccc1NC(=O)c1nn[nH]n1. The lowest BCUT2D eigenvalue weighted by atomic mass is 9.83. The third-order valence-corrected chi connectivity index (χ3v) is 5.39. The van der Waals surface area contributed by atoms with Crippen molar-refractivity contribution in [3.63, 3.8) is 0 Å². The summed E-state index contributed by atoms with van der Waals surface area (Å²) in [6, 6.07) is 5.51. The zero-order valence-electron chi connectivity index (χ0n) is 15.2. The van der Waals surface area contributed by atoms with Crippen LogP contribution in [-0.4, -0.2) is 38.6 Å². The standard InChI is InChI=1S/C19H18N6O2S/c1-27-10-14-12(8-9-17-20-16(11-28-17)13-5-2-6-13)4-3-7-15(14)21-19(26)18-22-24-25-23-18/h3-4,7,11,13H,2,5-6,10H2,1H3,(H,21,26)(H,22,23,24,25). The third-order valence-electron chi connectivity index (χ3n) is 4.61. The molecule has 9 heteroatoms. The van der Waals surface area contributed by atoms with E-state index < -0.39 is 5.91 Å². The summed E-state index contributed by atoms with van der Waals surface area (Å²) in [5.74, 6) is 6.41. The van der Waals surface area contributed by atoms with Gasteiger partial charge in [-0.15, -0.1) is 21.5 Å². The highest BCUT2D eigenvalue weighted by Crippen LogP contribution is 2.36. The van der Waals surface area contributed by atoms with Gasteiger partial charge in [-0.05, 0) is 36.1 Å². The van der Waals surface area contributed by atoms with E-state index in [4.69, 9.17) is 4.74 Å². The summed E-state index contributed by atoms with van der Waals surface area (Å²) in [5, 5.41) is 18.7. The molecule has 1 aliphatic rings. The maximum atomic E-state index is 12.2. The Morgan fingerprint density at radius 2 is 2.29 bits per heavy atom. The van der Waals surface area contributed by atoms with Crippen molar-refractivity contribution in [2.45, 2.75) is 31.8 Å². The number of methoxy groups -OCH3 is 1. The first-order chi connectivity index (χ1) is 13.7. The molecule has 142 valence electrons. The molecule has 4 rings (SSSR count). The number of nitrogens with one attached hydrogen (secondary N) is 2. The van der Waals surface area contributed by atoms with E-state index in [2.05, 4.69) is 48.1 Å². The van der Waals surface area contributed by atoms with E-state index in [-0.39, 0.29) is 5.82 Å². The molecule has 28 heavy (non-hydrogen) atoms. The average Bonchev–Trinajstić information content (AvgIpc) is 3.33. The lowest BCUT2D eigenvalue weighted by Gasteiger charge is -2.22. The fourth-order valence-electron chi connectivity index (χ4n) is 2.91. The van der Waals surface area contributed by atoms with E-state index in [9.17, 15) is 4.79 Å². The Kier molecular flexibility index (Phi) is 5.41. The summed E-state index contributed by atoms with van der Waals surface area (Å²) < 4.78 is 5.31. The fourth-order valence-corrected chi connectivity index (χ4v) is 3.66. The molecule has 1 fully saturated rings. The van der Waals surface area contributed by atoms with Gasteiger partial charge in [0, 0.05) is 35.2 Å². The monoisotopic (exact) mass is 394 g/mol. The number of carbonyl (C=O) groups is 1. The molecule has 8 nitrogen and oxygen atoms in total. The van der Waals surface area contributed by atoms with Crippen LogP contribution < -0.4 is 5.32 Å². The van der Waals surface area contributed by atoms with Crippen LogP contribution >= 0.6 is 11.3 Å². The van der Waals surface area contributed by atoms with Gasteiger partial charge >= 0.3 is 0 Å². The summed E-state index contributed by atoms with van der Waals surface area (Å²) in [6.45, 7) is 0.303. The Morgan fingerprint density at radius 3 is 3.00 bits per heavy atom. The third kappa shape index (κ3) is 3.93. The minimum atomic E-state index is -0.457. The van der Waals surface area contributed by atoms with Crippen molar-refractivity contribution in [2.24, 2.45) is 0 Å². The molecule has 0 radical (unpaired) electrons. The van der Waals surface area contributed by atoms with Crippen LogP contribution in [0.4, 0.5) is 5.69 Å². The summed E-state index contributed by atoms with van der Waals surface area (Å²) in [7, 11) is 1.60. The quantitative estimate of drug-likeness (QED) is 0.645. The molecule has 1 saturated carbocycles. The Balaban J connectivity index is 1.58. The predicted octanol–water partition coefficient (Wildman–Crippen LogP) is 2.72. The lowest BCUT2D eigenvalue weighted by Crippen LogP contribution is -2.15. The molecule has 1 aromatic carbocycles. The van der Waals surface area contributed by atoms with E-state index in [1.165, 1.54) is 19.3 Å². The Hall–Kier alpha value is -3.09. The van der Waals surface area contributed by atoms with Crippen LogP contribution in [0.25, 0.3) is 0 Å². The second-order valence-corrected chi connectivity index (χ2v) is 7.27. The van der Waals surface area contributed by atoms with Crippen LogP contribution in [0.15, 0.2) is 23.6 Å². The molecule has 2 aromatic heterocycles. The minimum absolute atomic E-state index is 0.0360. The Morgan fingerprint density at radius 1 is 1.39 bits per heavy atom. The van der Waals surface area contributed by atoms with Crippen LogP contribution in [0.1, 0.15) is 57.6 Å². The van der Waals surface area contributed by atoms with Crippen molar-refractivity contribution in [1.82, 2.24) is 25.6 Å². The first kappa shape index (κ1) is 18.3. The molecule has 3 aromatic rings. The van der Waals surface area contributed by atoms with Gasteiger partial charge in [0.2, 0.25) is 0 Å². The van der Waals surface area contributed by atoms with Gasteiger partial charge < -0.3 is 10.1 Å². The highest BCUT2D eigenvalue weighted by Gasteiger charge is 2.21. The smallest absolute Gasteiger partial charge is 0.297 e. The zero-order valence-corrected chi connectivity index (χ0v) is 16.0. The first-order valence-electron chi connectivity index (χ1n) is 8.87. The number of benzene rings is 1. The largest absolute Gasteiger partial charge is 0.380 e. The number of nitrogens with zero attached hydrogens (tertiary/aromatic N) is 4. The van der Waals surface area contributed by atoms with Crippen LogP contribution in [0, 0.1) is 11.8 Å². The minimum Gasteiger partial charge on any atom is -0.380 e. The molecular weight excluding hydrogens is 376 g/mol. The van der Waals surface area contributed by atoms with Crippen molar-refractivity contribution >= 4 is 22.9 Å². The van der Waals surface area contributed by atoms with Crippen molar-refractivity contribution in [3.05, 3.63) is 51.2 Å².